The second-order valence-electron chi connectivity index (χ2n) is 5.31. The Kier molecular flexibility index (Phi) is 4.04. The van der Waals surface area contributed by atoms with Crippen LogP contribution >= 0.6 is 0 Å². The second kappa shape index (κ2) is 5.53. The predicted octanol–water partition coefficient (Wildman–Crippen LogP) is 3.47. The van der Waals surface area contributed by atoms with Gasteiger partial charge in [0.25, 0.3) is 0 Å². The van der Waals surface area contributed by atoms with E-state index in [1.54, 1.807) is 0 Å². The van der Waals surface area contributed by atoms with Crippen molar-refractivity contribution in [1.29, 1.82) is 5.41 Å². The molecule has 0 aromatic rings. The van der Waals surface area contributed by atoms with Crippen LogP contribution in [0.5, 0.6) is 0 Å². The zero-order valence-electron chi connectivity index (χ0n) is 9.73. The van der Waals surface area contributed by atoms with Gasteiger partial charge in [-0.25, -0.2) is 0 Å². The van der Waals surface area contributed by atoms with E-state index in [1.807, 2.05) is 0 Å². The summed E-state index contributed by atoms with van der Waals surface area (Å²) in [6, 6.07) is 0.614. The van der Waals surface area contributed by atoms with Crippen LogP contribution in [0.4, 0.5) is 0 Å². The highest BCUT2D eigenvalue weighted by Crippen LogP contribution is 2.28. The summed E-state index contributed by atoms with van der Waals surface area (Å²) >= 11 is 0. The Hall–Kier alpha value is -0.530. The number of hydrogen-bond donors (Lipinski definition) is 2. The molecule has 1 heterocycles. The van der Waals surface area contributed by atoms with Crippen molar-refractivity contribution in [3.05, 3.63) is 0 Å². The Balaban J connectivity index is 1.78. The second-order valence-corrected chi connectivity index (χ2v) is 5.31. The first-order chi connectivity index (χ1) is 7.34. The molecule has 2 fully saturated rings. The average Bonchev–Trinajstić information content (AvgIpc) is 2.44. The van der Waals surface area contributed by atoms with Crippen LogP contribution in [0.25, 0.3) is 0 Å². The Labute approximate surface area is 93.3 Å². The SMILES string of the molecule is N=C1CCCCC(CC2CCCCC2)N1. The highest BCUT2D eigenvalue weighted by atomic mass is 15.0. The quantitative estimate of drug-likeness (QED) is 0.716. The van der Waals surface area contributed by atoms with Gasteiger partial charge >= 0.3 is 0 Å². The lowest BCUT2D eigenvalue weighted by molar-refractivity contribution is 0.303. The summed E-state index contributed by atoms with van der Waals surface area (Å²) in [5.41, 5.74) is 0. The average molecular weight is 208 g/mol. The third-order valence-corrected chi connectivity index (χ3v) is 3.95. The molecule has 1 atom stereocenters. The van der Waals surface area contributed by atoms with Gasteiger partial charge in [0.1, 0.15) is 0 Å². The fraction of sp³-hybridized carbons (Fsp3) is 0.923. The molecule has 0 radical (unpaired) electrons. The third kappa shape index (κ3) is 3.51. The lowest BCUT2D eigenvalue weighted by Gasteiger charge is -2.26. The van der Waals surface area contributed by atoms with Gasteiger partial charge in [-0.1, -0.05) is 38.5 Å². The summed E-state index contributed by atoms with van der Waals surface area (Å²) in [5, 5.41) is 11.2. The minimum absolute atomic E-state index is 0.614. The van der Waals surface area contributed by atoms with E-state index in [4.69, 9.17) is 5.41 Å². The minimum atomic E-state index is 0.614. The molecule has 0 bridgehead atoms. The van der Waals surface area contributed by atoms with Crippen LogP contribution in [0.2, 0.25) is 0 Å². The highest BCUT2D eigenvalue weighted by Gasteiger charge is 2.20. The van der Waals surface area contributed by atoms with Gasteiger partial charge in [0.05, 0.1) is 5.84 Å². The van der Waals surface area contributed by atoms with Gasteiger partial charge in [-0.15, -0.1) is 0 Å². The van der Waals surface area contributed by atoms with E-state index in [0.29, 0.717) is 6.04 Å². The predicted molar refractivity (Wildman–Crippen MR) is 64.3 cm³/mol. The molecule has 0 spiro atoms. The fourth-order valence-corrected chi connectivity index (χ4v) is 3.09. The van der Waals surface area contributed by atoms with Gasteiger partial charge in [0.2, 0.25) is 0 Å². The van der Waals surface area contributed by atoms with Crippen LogP contribution in [-0.4, -0.2) is 11.9 Å². The highest BCUT2D eigenvalue weighted by molar-refractivity contribution is 5.79. The van der Waals surface area contributed by atoms with Gasteiger partial charge in [-0.3, -0.25) is 5.41 Å². The fourth-order valence-electron chi connectivity index (χ4n) is 3.09. The summed E-state index contributed by atoms with van der Waals surface area (Å²) in [6.07, 6.45) is 13.3. The minimum Gasteiger partial charge on any atom is -0.371 e. The summed E-state index contributed by atoms with van der Waals surface area (Å²) in [6.45, 7) is 0. The molecule has 1 aliphatic carbocycles. The molecule has 1 aliphatic heterocycles. The van der Waals surface area contributed by atoms with Crippen molar-refractivity contribution in [3.63, 3.8) is 0 Å². The van der Waals surface area contributed by atoms with Gasteiger partial charge < -0.3 is 5.32 Å². The maximum atomic E-state index is 7.77. The topological polar surface area (TPSA) is 35.9 Å². The summed E-state index contributed by atoms with van der Waals surface area (Å²) in [7, 11) is 0. The lowest BCUT2D eigenvalue weighted by Crippen LogP contribution is -2.34. The Morgan fingerprint density at radius 1 is 1.00 bits per heavy atom. The molecule has 0 amide bonds. The van der Waals surface area contributed by atoms with Gasteiger partial charge in [-0.2, -0.15) is 0 Å². The molecule has 86 valence electrons. The Morgan fingerprint density at radius 3 is 2.53 bits per heavy atom. The molecule has 1 saturated heterocycles. The molecular weight excluding hydrogens is 184 g/mol. The van der Waals surface area contributed by atoms with Crippen LogP contribution in [0.3, 0.4) is 0 Å². The molecule has 1 saturated carbocycles. The smallest absolute Gasteiger partial charge is 0.0933 e. The van der Waals surface area contributed by atoms with Crippen LogP contribution in [0.1, 0.15) is 64.2 Å². The van der Waals surface area contributed by atoms with E-state index in [9.17, 15) is 0 Å². The van der Waals surface area contributed by atoms with Crippen LogP contribution in [-0.2, 0) is 0 Å². The van der Waals surface area contributed by atoms with E-state index in [-0.39, 0.29) is 0 Å². The standard InChI is InChI=1S/C13H24N2/c14-13-9-5-4-8-12(15-13)10-11-6-2-1-3-7-11/h11-12H,1-10H2,(H2,14,15). The molecule has 2 N–H and O–H groups in total. The molecule has 0 aromatic heterocycles. The first-order valence-electron chi connectivity index (χ1n) is 6.68. The number of nitrogens with one attached hydrogen (secondary N) is 2. The van der Waals surface area contributed by atoms with Crippen molar-refractivity contribution < 1.29 is 0 Å². The number of hydrogen-bond acceptors (Lipinski definition) is 1. The van der Waals surface area contributed by atoms with E-state index < -0.39 is 0 Å². The maximum absolute atomic E-state index is 7.77. The Bertz CT molecular complexity index is 207. The van der Waals surface area contributed by atoms with Crippen molar-refractivity contribution >= 4 is 5.84 Å². The lowest BCUT2D eigenvalue weighted by atomic mass is 9.84. The van der Waals surface area contributed by atoms with Gasteiger partial charge in [0.15, 0.2) is 0 Å². The van der Waals surface area contributed by atoms with Crippen LogP contribution in [0, 0.1) is 11.3 Å². The van der Waals surface area contributed by atoms with E-state index in [0.717, 1.165) is 18.2 Å². The first kappa shape index (κ1) is 11.0. The van der Waals surface area contributed by atoms with E-state index >= 15 is 0 Å². The maximum Gasteiger partial charge on any atom is 0.0933 e. The molecular formula is C13H24N2. The molecule has 0 aromatic carbocycles. The number of amidine groups is 1. The van der Waals surface area contributed by atoms with Gasteiger partial charge in [-0.05, 0) is 25.2 Å². The van der Waals surface area contributed by atoms with E-state index in [2.05, 4.69) is 5.32 Å². The summed E-state index contributed by atoms with van der Waals surface area (Å²) in [5.74, 6) is 1.73. The molecule has 2 nitrogen and oxygen atoms in total. The van der Waals surface area contributed by atoms with Crippen molar-refractivity contribution in [1.82, 2.24) is 5.32 Å². The summed E-state index contributed by atoms with van der Waals surface area (Å²) < 4.78 is 0. The van der Waals surface area contributed by atoms with Crippen LogP contribution in [0.15, 0.2) is 0 Å². The molecule has 2 aliphatic rings. The zero-order chi connectivity index (χ0) is 10.5. The number of rotatable bonds is 2. The normalized spacial score (nSPS) is 29.6. The van der Waals surface area contributed by atoms with Crippen molar-refractivity contribution in [2.45, 2.75) is 70.3 Å². The largest absolute Gasteiger partial charge is 0.371 e. The first-order valence-corrected chi connectivity index (χ1v) is 6.68. The molecule has 2 heteroatoms. The monoisotopic (exact) mass is 208 g/mol. The zero-order valence-corrected chi connectivity index (χ0v) is 9.73. The molecule has 15 heavy (non-hydrogen) atoms. The van der Waals surface area contributed by atoms with Crippen molar-refractivity contribution in [3.8, 4) is 0 Å². The molecule has 2 rings (SSSR count). The summed E-state index contributed by atoms with van der Waals surface area (Å²) in [4.78, 5) is 0. The Morgan fingerprint density at radius 2 is 1.73 bits per heavy atom. The van der Waals surface area contributed by atoms with Crippen molar-refractivity contribution in [2.75, 3.05) is 0 Å². The van der Waals surface area contributed by atoms with E-state index in [1.165, 1.54) is 57.8 Å². The van der Waals surface area contributed by atoms with Gasteiger partial charge in [0, 0.05) is 12.5 Å². The van der Waals surface area contributed by atoms with Crippen LogP contribution < -0.4 is 5.32 Å². The third-order valence-electron chi connectivity index (χ3n) is 3.95. The van der Waals surface area contributed by atoms with Crippen molar-refractivity contribution in [2.24, 2.45) is 5.92 Å². The molecule has 1 unspecified atom stereocenters.